The molecule has 2 bridgehead atoms. The molecule has 0 saturated carbocycles. The second kappa shape index (κ2) is 39.3. The summed E-state index contributed by atoms with van der Waals surface area (Å²) in [6, 6.07) is -1.47. The molecule has 0 spiro atoms. The fraction of sp³-hybridized carbons (Fsp3) is 0.758. The molecule has 4 unspecified atom stereocenters. The predicted molar refractivity (Wildman–Crippen MR) is 340 cm³/mol. The molecule has 6 heterocycles. The summed E-state index contributed by atoms with van der Waals surface area (Å²) < 4.78 is 46.4. The van der Waals surface area contributed by atoms with E-state index in [1.807, 2.05) is 6.92 Å². The number of ether oxygens (including phenoxy) is 8. The fourth-order valence-electron chi connectivity index (χ4n) is 12.5. The lowest BCUT2D eigenvalue weighted by Crippen LogP contribution is -2.70. The summed E-state index contributed by atoms with van der Waals surface area (Å²) in [6.07, 6.45) is -13.1. The lowest BCUT2D eigenvalue weighted by Gasteiger charge is -2.48. The first-order chi connectivity index (χ1) is 45.5. The Bertz CT molecular complexity index is 2540. The third kappa shape index (κ3) is 24.1. The molecule has 6 rings (SSSR count). The van der Waals surface area contributed by atoms with Crippen LogP contribution in [-0.4, -0.2) is 315 Å². The van der Waals surface area contributed by atoms with Crippen LogP contribution < -0.4 is 10.6 Å². The molecule has 0 aliphatic carbocycles. The van der Waals surface area contributed by atoms with Crippen LogP contribution >= 0.6 is 0 Å². The summed E-state index contributed by atoms with van der Waals surface area (Å²) in [5.41, 5.74) is 0. The van der Waals surface area contributed by atoms with Crippen LogP contribution in [-0.2, 0) is 47.5 Å². The Hall–Kier alpha value is -3.92. The van der Waals surface area contributed by atoms with Gasteiger partial charge < -0.3 is 135 Å². The summed E-state index contributed by atoms with van der Waals surface area (Å²) in [5.74, 6) is -8.76. The number of rotatable bonds is 13. The van der Waals surface area contributed by atoms with Crippen molar-refractivity contribution < 1.29 is 134 Å². The van der Waals surface area contributed by atoms with Gasteiger partial charge in [0.25, 0.3) is 0 Å². The van der Waals surface area contributed by atoms with Gasteiger partial charge in [0.05, 0.1) is 118 Å². The van der Waals surface area contributed by atoms with Gasteiger partial charge in [0.2, 0.25) is 11.7 Å². The van der Waals surface area contributed by atoms with Crippen molar-refractivity contribution in [2.24, 2.45) is 17.8 Å². The number of amides is 1. The van der Waals surface area contributed by atoms with Crippen LogP contribution in [0.25, 0.3) is 0 Å². The third-order valence-corrected chi connectivity index (χ3v) is 18.4. The number of nitrogens with one attached hydrogen (secondary N) is 2. The highest BCUT2D eigenvalue weighted by molar-refractivity contribution is 5.80. The van der Waals surface area contributed by atoms with E-state index in [9.17, 15) is 96.4 Å². The second-order valence-electron chi connectivity index (χ2n) is 26.1. The topological polar surface area (TPSA) is 479 Å². The van der Waals surface area contributed by atoms with Crippen molar-refractivity contribution in [3.05, 3.63) is 85.1 Å². The highest BCUT2D eigenvalue weighted by Crippen LogP contribution is 2.39. The Morgan fingerprint density at radius 1 is 0.635 bits per heavy atom. The number of aliphatic hydroxyl groups excluding tert-OH is 15. The van der Waals surface area contributed by atoms with Gasteiger partial charge in [-0.3, -0.25) is 14.5 Å². The van der Waals surface area contributed by atoms with E-state index in [0.29, 0.717) is 39.3 Å². The van der Waals surface area contributed by atoms with Crippen molar-refractivity contribution >= 4 is 11.9 Å². The second-order valence-corrected chi connectivity index (χ2v) is 26.1. The molecule has 0 aromatic heterocycles. The van der Waals surface area contributed by atoms with Gasteiger partial charge in [0.1, 0.15) is 54.9 Å². The molecule has 5 saturated heterocycles. The van der Waals surface area contributed by atoms with Crippen LogP contribution in [0, 0.1) is 17.8 Å². The molecule has 1 amide bonds. The van der Waals surface area contributed by atoms with Crippen molar-refractivity contribution in [2.75, 3.05) is 59.2 Å². The van der Waals surface area contributed by atoms with Crippen molar-refractivity contribution in [1.82, 2.24) is 15.5 Å². The standard InChI is InChI=1S/C66H107N3O27/c1-37-18-15-13-11-9-7-5-6-8-10-12-14-16-19-44(93-63-57(82)53(55(80)40(4)92-63)68-36-66(88)61(85)60(48(77)35-90-66)95-64-59(84)58(83)56(81)50(34-70)94-64)31-49-52(62(86)67-22-17-23-69-24-26-89-27-25-69)47(76)33-65(87,96-49)32-43(73)29-46(75)45(74)21-20-41(71)28-42(72)30-51(78)91-39(3)38(2)54(37)79/h5-16,18-19,37-50,52-61,63-64,68,70-77,79-85,87-88H,17,20-36H2,1-4H3,(H,67,86)/b6-5+,9-7+,10-8+,13-11+,14-12+,18-15+,19-16+/t37-,38-,39-,40+,41+,42+,43-,44-,45+,46+,47-,48+,49?,50+,52?,53-,54+,55+,56+,57-,58-,59+,60+,61-,63?,64?,65+,66+/m0/s1. The zero-order valence-electron chi connectivity index (χ0n) is 55.0. The Kier molecular flexibility index (Phi) is 33.2. The van der Waals surface area contributed by atoms with Crippen molar-refractivity contribution in [2.45, 2.75) is 238 Å². The maximum absolute atomic E-state index is 14.4. The Morgan fingerprint density at radius 3 is 1.91 bits per heavy atom. The van der Waals surface area contributed by atoms with Crippen molar-refractivity contribution in [3.63, 3.8) is 0 Å². The zero-order chi connectivity index (χ0) is 70.4. The van der Waals surface area contributed by atoms with E-state index < -0.39 is 221 Å². The average molecular weight is 1370 g/mol. The monoisotopic (exact) mass is 1370 g/mol. The van der Waals surface area contributed by atoms with E-state index in [4.69, 9.17) is 37.9 Å². The lowest BCUT2D eigenvalue weighted by atomic mass is 9.82. The summed E-state index contributed by atoms with van der Waals surface area (Å²) in [7, 11) is 0. The largest absolute Gasteiger partial charge is 0.462 e. The number of esters is 1. The van der Waals surface area contributed by atoms with Crippen LogP contribution in [0.4, 0.5) is 0 Å². The smallest absolute Gasteiger partial charge is 0.308 e. The van der Waals surface area contributed by atoms with Gasteiger partial charge in [-0.15, -0.1) is 0 Å². The van der Waals surface area contributed by atoms with Gasteiger partial charge in [-0.05, 0) is 46.1 Å². The van der Waals surface area contributed by atoms with Gasteiger partial charge in [-0.1, -0.05) is 98.9 Å². The number of cyclic esters (lactones) is 1. The van der Waals surface area contributed by atoms with Crippen LogP contribution in [0.2, 0.25) is 0 Å². The summed E-state index contributed by atoms with van der Waals surface area (Å²) >= 11 is 0. The number of aliphatic hydroxyl groups is 17. The van der Waals surface area contributed by atoms with Gasteiger partial charge in [0, 0.05) is 57.2 Å². The molecule has 96 heavy (non-hydrogen) atoms. The van der Waals surface area contributed by atoms with Crippen LogP contribution in [0.15, 0.2) is 85.1 Å². The maximum atomic E-state index is 14.4. The normalized spacial score (nSPS) is 45.5. The van der Waals surface area contributed by atoms with Gasteiger partial charge in [-0.2, -0.15) is 0 Å². The van der Waals surface area contributed by atoms with Gasteiger partial charge >= 0.3 is 5.97 Å². The molecule has 6 aliphatic heterocycles. The number of hydrogen-bond donors (Lipinski definition) is 19. The summed E-state index contributed by atoms with van der Waals surface area (Å²) in [4.78, 5) is 29.4. The molecule has 0 aromatic carbocycles. The Labute approximate surface area is 559 Å². The minimum absolute atomic E-state index is 0.154. The maximum Gasteiger partial charge on any atom is 0.308 e. The average Bonchev–Trinajstić information content (AvgIpc) is 0.790. The molecule has 30 heteroatoms. The molecule has 6 aliphatic rings. The van der Waals surface area contributed by atoms with Crippen molar-refractivity contribution in [1.29, 1.82) is 0 Å². The van der Waals surface area contributed by atoms with E-state index in [2.05, 4.69) is 15.5 Å². The van der Waals surface area contributed by atoms with E-state index in [-0.39, 0.29) is 38.1 Å². The minimum Gasteiger partial charge on any atom is -0.462 e. The fourth-order valence-corrected chi connectivity index (χ4v) is 12.5. The quantitative estimate of drug-likeness (QED) is 0.0613. The Morgan fingerprint density at radius 2 is 1.26 bits per heavy atom. The highest BCUT2D eigenvalue weighted by atomic mass is 16.7. The molecular weight excluding hydrogens is 1270 g/mol. The Balaban J connectivity index is 1.26. The van der Waals surface area contributed by atoms with Crippen LogP contribution in [0.1, 0.15) is 85.5 Å². The zero-order valence-corrected chi connectivity index (χ0v) is 55.0. The first kappa shape index (κ1) is 81.0. The molecule has 0 aromatic rings. The molecule has 5 fully saturated rings. The molecule has 548 valence electrons. The summed E-state index contributed by atoms with van der Waals surface area (Å²) in [5, 5.41) is 194. The molecule has 19 N–H and O–H groups in total. The third-order valence-electron chi connectivity index (χ3n) is 18.4. The lowest BCUT2D eigenvalue weighted by molar-refractivity contribution is -0.368. The molecular formula is C66H107N3O27. The number of hydrogen-bond acceptors (Lipinski definition) is 29. The summed E-state index contributed by atoms with van der Waals surface area (Å²) in [6.45, 7) is 7.61. The predicted octanol–water partition coefficient (Wildman–Crippen LogP) is -4.28. The minimum atomic E-state index is -2.68. The number of morpholine rings is 1. The number of carbonyl (C=O) groups is 2. The SMILES string of the molecule is C[C@@H]1[C@H](O)[C@@H](C)/C=C/C=C/C=C/C=C/C=C/C=C/C=C/[C@H](OC2O[C@H](C)[C@@H](O)[C@H](NC[C@@]3(O)OC[C@@H](O)[C@@H](OC4O[C@H](CO)[C@@H](O)[C@H](O)[C@H]4O)[C@@H]3O)[C@@H]2O)CC2O[C@](O)(C[C@@H](O)C[C@@H](O)[C@H](O)CC[C@@H](O)C[C@@H](O)CC(=O)O[C@H]1C)C[C@H](O)C2C(=O)NCCCN1CCOCC1. The van der Waals surface area contributed by atoms with Gasteiger partial charge in [0.15, 0.2) is 18.4 Å². The van der Waals surface area contributed by atoms with Crippen LogP contribution in [0.3, 0.4) is 0 Å². The number of fused-ring (bicyclic) bond motifs is 2. The molecule has 28 atom stereocenters. The van der Waals surface area contributed by atoms with E-state index >= 15 is 0 Å². The number of allylic oxidation sites excluding steroid dienone is 12. The number of nitrogens with zero attached hydrogens (tertiary/aromatic N) is 1. The molecule has 0 radical (unpaired) electrons. The van der Waals surface area contributed by atoms with Crippen LogP contribution in [0.5, 0.6) is 0 Å². The molecule has 30 nitrogen and oxygen atoms in total. The number of carbonyl (C=O) groups excluding carboxylic acids is 2. The van der Waals surface area contributed by atoms with Crippen molar-refractivity contribution in [3.8, 4) is 0 Å². The first-order valence-electron chi connectivity index (χ1n) is 33.3. The first-order valence-corrected chi connectivity index (χ1v) is 33.3. The highest BCUT2D eigenvalue weighted by Gasteiger charge is 2.55. The van der Waals surface area contributed by atoms with E-state index in [1.54, 1.807) is 92.8 Å². The van der Waals surface area contributed by atoms with E-state index in [1.165, 1.54) is 13.0 Å². The van der Waals surface area contributed by atoms with Gasteiger partial charge in [-0.25, -0.2) is 0 Å². The van der Waals surface area contributed by atoms with E-state index in [0.717, 1.165) is 0 Å².